The van der Waals surface area contributed by atoms with Gasteiger partial charge < -0.3 is 9.80 Å². The van der Waals surface area contributed by atoms with Gasteiger partial charge >= 0.3 is 0 Å². The van der Waals surface area contributed by atoms with Crippen molar-refractivity contribution in [2.24, 2.45) is 0 Å². The molecule has 2 nitrogen and oxygen atoms in total. The molecule has 0 atom stereocenters. The second-order valence-electron chi connectivity index (χ2n) is 6.60. The molecule has 0 amide bonds. The lowest BCUT2D eigenvalue weighted by molar-refractivity contribution is 1.12. The summed E-state index contributed by atoms with van der Waals surface area (Å²) < 4.78 is 1.46. The van der Waals surface area contributed by atoms with Crippen molar-refractivity contribution < 1.29 is 0 Å². The Labute approximate surface area is 160 Å². The highest BCUT2D eigenvalue weighted by atomic mass is 32.2. The van der Waals surface area contributed by atoms with Gasteiger partial charge in [-0.3, -0.25) is 0 Å². The van der Waals surface area contributed by atoms with Crippen molar-refractivity contribution >= 4 is 40.5 Å². The second-order valence-corrected chi connectivity index (χ2v) is 9.06. The number of anilines is 2. The highest BCUT2D eigenvalue weighted by Gasteiger charge is 2.16. The number of hydrogen-bond acceptors (Lipinski definition) is 4. The number of benzene rings is 2. The van der Waals surface area contributed by atoms with Gasteiger partial charge in [0.2, 0.25) is 0 Å². The van der Waals surface area contributed by atoms with Gasteiger partial charge in [0.25, 0.3) is 0 Å². The standard InChI is InChI=1S/C21H26N2S2/c1-22(2)18-10-6-16(7-11-18)20(21-24-14-5-15-25-21)17-8-12-19(13-9-17)23(3)4/h6-13H,5,14-15H2,1-4H3. The van der Waals surface area contributed by atoms with Gasteiger partial charge in [-0.2, -0.15) is 0 Å². The molecule has 1 fully saturated rings. The zero-order chi connectivity index (χ0) is 17.8. The van der Waals surface area contributed by atoms with Gasteiger partial charge in [0.15, 0.2) is 0 Å². The molecule has 2 aromatic rings. The van der Waals surface area contributed by atoms with E-state index in [0.717, 1.165) is 0 Å². The highest BCUT2D eigenvalue weighted by Crippen LogP contribution is 2.43. The van der Waals surface area contributed by atoms with Crippen LogP contribution in [-0.4, -0.2) is 39.7 Å². The van der Waals surface area contributed by atoms with E-state index in [2.05, 4.69) is 86.5 Å². The van der Waals surface area contributed by atoms with E-state index in [1.807, 2.05) is 23.5 Å². The maximum atomic E-state index is 2.26. The molecule has 132 valence electrons. The molecule has 0 saturated carbocycles. The predicted octanol–water partition coefficient (Wildman–Crippen LogP) is 5.41. The number of thioether (sulfide) groups is 2. The topological polar surface area (TPSA) is 6.48 Å². The average molecular weight is 371 g/mol. The fourth-order valence-corrected chi connectivity index (χ4v) is 5.55. The van der Waals surface area contributed by atoms with Crippen LogP contribution in [0.15, 0.2) is 52.8 Å². The van der Waals surface area contributed by atoms with E-state index in [-0.39, 0.29) is 0 Å². The van der Waals surface area contributed by atoms with Gasteiger partial charge in [0.05, 0.1) is 0 Å². The van der Waals surface area contributed by atoms with Crippen LogP contribution in [0.3, 0.4) is 0 Å². The Hall–Kier alpha value is -1.52. The summed E-state index contributed by atoms with van der Waals surface area (Å²) in [4.78, 5) is 4.29. The molecule has 0 aromatic heterocycles. The highest BCUT2D eigenvalue weighted by molar-refractivity contribution is 8.23. The monoisotopic (exact) mass is 370 g/mol. The fourth-order valence-electron chi connectivity index (χ4n) is 2.83. The van der Waals surface area contributed by atoms with Crippen LogP contribution in [0.4, 0.5) is 11.4 Å². The van der Waals surface area contributed by atoms with Crippen molar-refractivity contribution in [2.45, 2.75) is 6.42 Å². The van der Waals surface area contributed by atoms with Crippen LogP contribution in [0.2, 0.25) is 0 Å². The maximum Gasteiger partial charge on any atom is 0.0485 e. The summed E-state index contributed by atoms with van der Waals surface area (Å²) in [5.74, 6) is 2.44. The van der Waals surface area contributed by atoms with Crippen LogP contribution in [-0.2, 0) is 0 Å². The minimum atomic E-state index is 1.22. The number of rotatable bonds is 4. The third-order valence-corrected chi connectivity index (χ3v) is 6.93. The molecule has 3 rings (SSSR count). The Balaban J connectivity index is 2.03. The Bertz CT molecular complexity index is 670. The van der Waals surface area contributed by atoms with Crippen molar-refractivity contribution in [1.29, 1.82) is 0 Å². The zero-order valence-corrected chi connectivity index (χ0v) is 17.1. The van der Waals surface area contributed by atoms with Crippen LogP contribution in [0.25, 0.3) is 5.57 Å². The van der Waals surface area contributed by atoms with E-state index in [0.29, 0.717) is 0 Å². The number of hydrogen-bond donors (Lipinski definition) is 0. The Morgan fingerprint density at radius 1 is 0.680 bits per heavy atom. The van der Waals surface area contributed by atoms with Crippen LogP contribution in [0, 0.1) is 0 Å². The Kier molecular flexibility index (Phi) is 6.02. The van der Waals surface area contributed by atoms with Crippen molar-refractivity contribution in [3.8, 4) is 0 Å². The van der Waals surface area contributed by atoms with Crippen LogP contribution in [0.1, 0.15) is 17.5 Å². The third kappa shape index (κ3) is 4.36. The average Bonchev–Trinajstić information content (AvgIpc) is 2.64. The Morgan fingerprint density at radius 2 is 1.08 bits per heavy atom. The van der Waals surface area contributed by atoms with E-state index in [4.69, 9.17) is 0 Å². The lowest BCUT2D eigenvalue weighted by Gasteiger charge is -2.21. The summed E-state index contributed by atoms with van der Waals surface area (Å²) in [5, 5.41) is 0. The molecule has 0 unspecified atom stereocenters. The lowest BCUT2D eigenvalue weighted by Crippen LogP contribution is -2.08. The van der Waals surface area contributed by atoms with E-state index < -0.39 is 0 Å². The first-order chi connectivity index (χ1) is 12.1. The van der Waals surface area contributed by atoms with Crippen LogP contribution < -0.4 is 9.80 Å². The molecule has 1 heterocycles. The first kappa shape index (κ1) is 18.3. The first-order valence-corrected chi connectivity index (χ1v) is 10.6. The minimum absolute atomic E-state index is 1.22. The van der Waals surface area contributed by atoms with E-state index in [9.17, 15) is 0 Å². The van der Waals surface area contributed by atoms with Gasteiger partial charge in [-0.1, -0.05) is 24.3 Å². The first-order valence-electron chi connectivity index (χ1n) is 8.61. The zero-order valence-electron chi connectivity index (χ0n) is 15.5. The number of nitrogens with zero attached hydrogens (tertiary/aromatic N) is 2. The van der Waals surface area contributed by atoms with E-state index >= 15 is 0 Å². The molecule has 0 bridgehead atoms. The summed E-state index contributed by atoms with van der Waals surface area (Å²) in [6, 6.07) is 17.9. The van der Waals surface area contributed by atoms with E-state index in [1.165, 1.54) is 50.2 Å². The predicted molar refractivity (Wildman–Crippen MR) is 117 cm³/mol. The van der Waals surface area contributed by atoms with Crippen molar-refractivity contribution in [3.05, 3.63) is 63.9 Å². The van der Waals surface area contributed by atoms with Gasteiger partial charge in [-0.05, 0) is 53.3 Å². The normalized spacial score (nSPS) is 14.3. The molecule has 0 radical (unpaired) electrons. The quantitative estimate of drug-likeness (QED) is 0.710. The molecule has 25 heavy (non-hydrogen) atoms. The van der Waals surface area contributed by atoms with Gasteiger partial charge in [0, 0.05) is 49.4 Å². The smallest absolute Gasteiger partial charge is 0.0485 e. The third-order valence-electron chi connectivity index (χ3n) is 4.30. The molecular weight excluding hydrogens is 344 g/mol. The summed E-state index contributed by atoms with van der Waals surface area (Å²) in [7, 11) is 8.34. The van der Waals surface area contributed by atoms with E-state index in [1.54, 1.807) is 0 Å². The molecule has 1 aliphatic rings. The molecule has 0 spiro atoms. The van der Waals surface area contributed by atoms with Crippen molar-refractivity contribution in [2.75, 3.05) is 49.5 Å². The SMILES string of the molecule is CN(C)c1ccc(C(=C2SCCCS2)c2ccc(N(C)C)cc2)cc1. The second kappa shape index (κ2) is 8.24. The summed E-state index contributed by atoms with van der Waals surface area (Å²) >= 11 is 4.01. The molecule has 1 saturated heterocycles. The van der Waals surface area contributed by atoms with Gasteiger partial charge in [-0.25, -0.2) is 0 Å². The molecule has 0 aliphatic carbocycles. The van der Waals surface area contributed by atoms with Gasteiger partial charge in [0.1, 0.15) is 0 Å². The summed E-state index contributed by atoms with van der Waals surface area (Å²) in [5.41, 5.74) is 6.46. The van der Waals surface area contributed by atoms with Crippen molar-refractivity contribution in [3.63, 3.8) is 0 Å². The minimum Gasteiger partial charge on any atom is -0.378 e. The molecular formula is C21H26N2S2. The fraction of sp³-hybridized carbons (Fsp3) is 0.333. The van der Waals surface area contributed by atoms with Crippen LogP contribution >= 0.6 is 23.5 Å². The van der Waals surface area contributed by atoms with Gasteiger partial charge in [-0.15, -0.1) is 23.5 Å². The lowest BCUT2D eigenvalue weighted by atomic mass is 9.99. The Morgan fingerprint density at radius 3 is 1.44 bits per heavy atom. The van der Waals surface area contributed by atoms with Crippen LogP contribution in [0.5, 0.6) is 0 Å². The molecule has 1 aliphatic heterocycles. The molecule has 2 aromatic carbocycles. The molecule has 4 heteroatoms. The maximum absolute atomic E-state index is 2.26. The summed E-state index contributed by atoms with van der Waals surface area (Å²) in [6.07, 6.45) is 1.30. The van der Waals surface area contributed by atoms with Crippen molar-refractivity contribution in [1.82, 2.24) is 0 Å². The molecule has 0 N–H and O–H groups in total. The largest absolute Gasteiger partial charge is 0.378 e. The summed E-state index contributed by atoms with van der Waals surface area (Å²) in [6.45, 7) is 0.